The zero-order chi connectivity index (χ0) is 32.9. The first kappa shape index (κ1) is 27.9. The van der Waals surface area contributed by atoms with Gasteiger partial charge in [0.25, 0.3) is 0 Å². The molecule has 7 aromatic rings. The number of para-hydroxylation sites is 2. The third kappa shape index (κ3) is 3.94. The lowest BCUT2D eigenvalue weighted by Gasteiger charge is -2.41. The van der Waals surface area contributed by atoms with Gasteiger partial charge in [-0.25, -0.2) is 0 Å². The van der Waals surface area contributed by atoms with Crippen LogP contribution in [0, 0.1) is 6.92 Å². The van der Waals surface area contributed by atoms with E-state index in [1.165, 1.54) is 0 Å². The van der Waals surface area contributed by atoms with E-state index in [1.54, 1.807) is 0 Å². The van der Waals surface area contributed by atoms with Crippen molar-refractivity contribution in [3.8, 4) is 23.0 Å². The van der Waals surface area contributed by atoms with Crippen LogP contribution in [0.25, 0.3) is 21.9 Å². The first-order chi connectivity index (χ1) is 24.7. The van der Waals surface area contributed by atoms with Gasteiger partial charge in [0.1, 0.15) is 22.5 Å². The highest BCUT2D eigenvalue weighted by molar-refractivity contribution is 6.99. The van der Waals surface area contributed by atoms with Crippen LogP contribution in [-0.4, -0.2) is 33.1 Å². The lowest BCUT2D eigenvalue weighted by Crippen LogP contribution is -2.60. The van der Waals surface area contributed by atoms with Crippen molar-refractivity contribution in [2.45, 2.75) is 19.8 Å². The molecule has 0 spiro atoms. The predicted molar refractivity (Wildman–Crippen MR) is 196 cm³/mol. The Labute approximate surface area is 288 Å². The van der Waals surface area contributed by atoms with Gasteiger partial charge in [-0.15, -0.1) is 0 Å². The highest BCUT2D eigenvalue weighted by atomic mass is 16.5. The van der Waals surface area contributed by atoms with Crippen molar-refractivity contribution in [2.75, 3.05) is 36.2 Å². The Balaban J connectivity index is 1.23. The number of hydrogen-bond acceptors (Lipinski definition) is 8. The molecule has 4 aliphatic rings. The average Bonchev–Trinajstić information content (AvgIpc) is 3.48. The van der Waals surface area contributed by atoms with Crippen LogP contribution in [-0.2, 0) is 0 Å². The fraction of sp³-hybridized carbons (Fsp3) is 0.171. The molecule has 0 aliphatic carbocycles. The van der Waals surface area contributed by atoms with Crippen molar-refractivity contribution in [1.82, 2.24) is 0 Å². The molecule has 11 rings (SSSR count). The van der Waals surface area contributed by atoms with E-state index in [1.807, 2.05) is 36.4 Å². The molecule has 0 amide bonds. The van der Waals surface area contributed by atoms with Gasteiger partial charge in [0.15, 0.2) is 23.0 Å². The summed E-state index contributed by atoms with van der Waals surface area (Å²) in [5.41, 5.74) is 11.6. The Morgan fingerprint density at radius 1 is 0.520 bits per heavy atom. The number of fused-ring (bicyclic) bond motifs is 10. The normalized spacial score (nSPS) is 15.7. The van der Waals surface area contributed by atoms with E-state index < -0.39 is 0 Å². The van der Waals surface area contributed by atoms with Crippen LogP contribution in [0.2, 0.25) is 0 Å². The average molecular weight is 659 g/mol. The van der Waals surface area contributed by atoms with Crippen molar-refractivity contribution in [2.24, 2.45) is 0 Å². The number of nitrogens with zero attached hydrogens (tertiary/aromatic N) is 2. The number of benzene rings is 5. The van der Waals surface area contributed by atoms with E-state index >= 15 is 0 Å². The molecule has 0 saturated heterocycles. The molecular formula is C41H31BN2O6. The fourth-order valence-corrected chi connectivity index (χ4v) is 8.12. The van der Waals surface area contributed by atoms with Crippen molar-refractivity contribution in [1.29, 1.82) is 0 Å². The molecule has 8 nitrogen and oxygen atoms in total. The summed E-state index contributed by atoms with van der Waals surface area (Å²) in [6, 6.07) is 33.6. The van der Waals surface area contributed by atoms with Crippen molar-refractivity contribution < 1.29 is 27.8 Å². The summed E-state index contributed by atoms with van der Waals surface area (Å²) < 4.78 is 38.4. The molecule has 0 fully saturated rings. The highest BCUT2D eigenvalue weighted by Crippen LogP contribution is 2.50. The van der Waals surface area contributed by atoms with Gasteiger partial charge in [-0.1, -0.05) is 24.3 Å². The van der Waals surface area contributed by atoms with E-state index in [4.69, 9.17) is 27.8 Å². The number of aryl methyl sites for hydroxylation is 1. The summed E-state index contributed by atoms with van der Waals surface area (Å²) in [6.07, 6.45) is 1.68. The molecular weight excluding hydrogens is 627 g/mol. The smallest absolute Gasteiger partial charge is 0.342 e. The SMILES string of the molecule is Cc1cc2c3c(c1)N(c1ccc4c(c1)OCCCO4)c1c(oc4ccccc14)B3c1oc3ccccc3c1N2c1ccc2c(c1)OCCCO2. The van der Waals surface area contributed by atoms with Gasteiger partial charge >= 0.3 is 6.71 Å². The van der Waals surface area contributed by atoms with Crippen molar-refractivity contribution in [3.63, 3.8) is 0 Å². The molecule has 50 heavy (non-hydrogen) atoms. The number of furan rings is 2. The topological polar surface area (TPSA) is 69.7 Å². The van der Waals surface area contributed by atoms with E-state index in [-0.39, 0.29) is 6.71 Å². The minimum Gasteiger partial charge on any atom is -0.490 e. The minimum atomic E-state index is -0.293. The summed E-state index contributed by atoms with van der Waals surface area (Å²) in [5, 5.41) is 2.07. The van der Waals surface area contributed by atoms with Crippen LogP contribution >= 0.6 is 0 Å². The minimum absolute atomic E-state index is 0.293. The zero-order valence-electron chi connectivity index (χ0n) is 27.4. The Bertz CT molecular complexity index is 2350. The molecule has 0 N–H and O–H groups in total. The summed E-state index contributed by atoms with van der Waals surface area (Å²) >= 11 is 0. The van der Waals surface area contributed by atoms with Gasteiger partial charge in [0, 0.05) is 47.1 Å². The van der Waals surface area contributed by atoms with Crippen LogP contribution in [0.15, 0.2) is 106 Å². The summed E-state index contributed by atoms with van der Waals surface area (Å²) in [5.74, 6) is 3.01. The highest BCUT2D eigenvalue weighted by Gasteiger charge is 2.50. The third-order valence-electron chi connectivity index (χ3n) is 10.2. The maximum Gasteiger partial charge on any atom is 0.342 e. The molecule has 6 heterocycles. The molecule has 0 bridgehead atoms. The lowest BCUT2D eigenvalue weighted by molar-refractivity contribution is 0.296. The second-order valence-corrected chi connectivity index (χ2v) is 13.3. The first-order valence-electron chi connectivity index (χ1n) is 17.3. The number of anilines is 6. The fourth-order valence-electron chi connectivity index (χ4n) is 8.12. The Morgan fingerprint density at radius 3 is 1.48 bits per heavy atom. The first-order valence-corrected chi connectivity index (χ1v) is 17.3. The molecule has 0 unspecified atom stereocenters. The zero-order valence-corrected chi connectivity index (χ0v) is 27.4. The number of rotatable bonds is 2. The van der Waals surface area contributed by atoms with Gasteiger partial charge in [0.2, 0.25) is 0 Å². The molecule has 0 atom stereocenters. The second-order valence-electron chi connectivity index (χ2n) is 13.3. The van der Waals surface area contributed by atoms with Gasteiger partial charge in [-0.3, -0.25) is 0 Å². The largest absolute Gasteiger partial charge is 0.490 e. The Kier molecular flexibility index (Phi) is 5.88. The van der Waals surface area contributed by atoms with Crippen LogP contribution in [0.1, 0.15) is 18.4 Å². The molecule has 5 aromatic carbocycles. The third-order valence-corrected chi connectivity index (χ3v) is 10.2. The molecule has 9 heteroatoms. The molecule has 244 valence electrons. The number of hydrogen-bond donors (Lipinski definition) is 0. The maximum absolute atomic E-state index is 6.92. The second kappa shape index (κ2) is 10.5. The van der Waals surface area contributed by atoms with Crippen LogP contribution in [0.5, 0.6) is 23.0 Å². The summed E-state index contributed by atoms with van der Waals surface area (Å²) in [6.45, 7) is 4.36. The summed E-state index contributed by atoms with van der Waals surface area (Å²) in [7, 11) is 0. The monoisotopic (exact) mass is 658 g/mol. The van der Waals surface area contributed by atoms with Gasteiger partial charge in [-0.2, -0.15) is 0 Å². The summed E-state index contributed by atoms with van der Waals surface area (Å²) in [4.78, 5) is 4.66. The molecule has 0 saturated carbocycles. The van der Waals surface area contributed by atoms with Crippen LogP contribution < -0.4 is 45.5 Å². The molecule has 2 aromatic heterocycles. The van der Waals surface area contributed by atoms with Gasteiger partial charge in [0.05, 0.1) is 49.2 Å². The lowest BCUT2D eigenvalue weighted by atomic mass is 9.37. The molecule has 4 aliphatic heterocycles. The standard InChI is InChI=1S/C41H31BN2O6/c1-24-20-29-37-30(21-24)44(26-13-15-34-36(23-26)48-19-7-17-46-34)39-28-9-3-5-11-32(28)50-41(39)42(37)40-38(27-8-2-4-10-31(27)49-40)43(29)25-12-14-33-35(22-25)47-18-6-16-45-33/h2-5,8-15,20-23H,6-7,16-19H2,1H3. The Morgan fingerprint density at radius 2 is 0.980 bits per heavy atom. The quantitative estimate of drug-likeness (QED) is 0.174. The van der Waals surface area contributed by atoms with Crippen molar-refractivity contribution >= 4 is 79.6 Å². The van der Waals surface area contributed by atoms with E-state index in [2.05, 4.69) is 77.4 Å². The number of ether oxygens (including phenoxy) is 4. The van der Waals surface area contributed by atoms with Crippen LogP contribution in [0.3, 0.4) is 0 Å². The van der Waals surface area contributed by atoms with Crippen molar-refractivity contribution in [3.05, 3.63) is 103 Å². The Hall–Kier alpha value is -5.96. The maximum atomic E-state index is 6.92. The van der Waals surface area contributed by atoms with Gasteiger partial charge < -0.3 is 37.6 Å². The van der Waals surface area contributed by atoms with Gasteiger partial charge in [-0.05, 0) is 78.6 Å². The molecule has 0 radical (unpaired) electrons. The van der Waals surface area contributed by atoms with E-state index in [9.17, 15) is 0 Å². The predicted octanol–water partition coefficient (Wildman–Crippen LogP) is 7.89. The van der Waals surface area contributed by atoms with Crippen LogP contribution in [0.4, 0.5) is 34.1 Å². The van der Waals surface area contributed by atoms with E-state index in [0.717, 1.165) is 114 Å². The van der Waals surface area contributed by atoms with E-state index in [0.29, 0.717) is 26.4 Å².